The van der Waals surface area contributed by atoms with Crippen LogP contribution in [-0.4, -0.2) is 73.3 Å². The van der Waals surface area contributed by atoms with E-state index in [1.807, 2.05) is 46.8 Å². The van der Waals surface area contributed by atoms with Crippen molar-refractivity contribution in [2.45, 2.75) is 107 Å². The van der Waals surface area contributed by atoms with Crippen LogP contribution < -0.4 is 14.8 Å². The number of nitrogens with zero attached hydrogens (tertiary/aromatic N) is 4. The molecule has 7 nitrogen and oxygen atoms in total. The molecule has 3 aromatic rings. The van der Waals surface area contributed by atoms with Gasteiger partial charge in [-0.3, -0.25) is 4.90 Å². The number of aromatic nitrogens is 2. The Balaban J connectivity index is 0.000000535. The van der Waals surface area contributed by atoms with E-state index >= 15 is 0 Å². The van der Waals surface area contributed by atoms with Gasteiger partial charge in [0, 0.05) is 37.1 Å². The highest BCUT2D eigenvalue weighted by atomic mass is 16.5. The zero-order chi connectivity index (χ0) is 33.6. The van der Waals surface area contributed by atoms with Gasteiger partial charge in [0.25, 0.3) is 0 Å². The number of ether oxygens (including phenoxy) is 2. The third kappa shape index (κ3) is 14.4. The SMILES string of the molecule is CC.CC.CCCCN(C)CCC(C)CC.COc1cc2nc(C)nc(NC3CCN(Cc4ccccc4)CC3)c2cc1OC. The van der Waals surface area contributed by atoms with Crippen LogP contribution in [0.4, 0.5) is 5.82 Å². The highest BCUT2D eigenvalue weighted by molar-refractivity contribution is 5.92. The van der Waals surface area contributed by atoms with E-state index in [9.17, 15) is 0 Å². The van der Waals surface area contributed by atoms with E-state index < -0.39 is 0 Å². The monoisotopic (exact) mass is 624 g/mol. The van der Waals surface area contributed by atoms with Crippen LogP contribution in [0.15, 0.2) is 42.5 Å². The normalized spacial score (nSPS) is 13.9. The van der Waals surface area contributed by atoms with Crippen LogP contribution in [0.5, 0.6) is 11.5 Å². The zero-order valence-electron chi connectivity index (χ0n) is 30.6. The number of aryl methyl sites for hydroxylation is 1. The summed E-state index contributed by atoms with van der Waals surface area (Å²) < 4.78 is 10.9. The maximum Gasteiger partial charge on any atom is 0.162 e. The molecule has 1 N–H and O–H groups in total. The van der Waals surface area contributed by atoms with Crippen LogP contribution in [0.2, 0.25) is 0 Å². The lowest BCUT2D eigenvalue weighted by Gasteiger charge is -2.32. The molecule has 1 fully saturated rings. The van der Waals surface area contributed by atoms with E-state index in [4.69, 9.17) is 9.47 Å². The van der Waals surface area contributed by atoms with Gasteiger partial charge in [0.15, 0.2) is 11.5 Å². The molecule has 0 bridgehead atoms. The number of methoxy groups -OCH3 is 2. The summed E-state index contributed by atoms with van der Waals surface area (Å²) in [6.07, 6.45) is 7.51. The predicted molar refractivity (Wildman–Crippen MR) is 195 cm³/mol. The van der Waals surface area contributed by atoms with Crippen LogP contribution in [0.3, 0.4) is 0 Å². The molecule has 1 aliphatic heterocycles. The molecule has 0 saturated carbocycles. The first kappa shape index (κ1) is 40.1. The zero-order valence-corrected chi connectivity index (χ0v) is 30.6. The second-order valence-corrected chi connectivity index (χ2v) is 11.5. The van der Waals surface area contributed by atoms with Crippen molar-refractivity contribution in [2.75, 3.05) is 52.8 Å². The number of nitrogens with one attached hydrogen (secondary N) is 1. The molecule has 254 valence electrons. The first-order valence-corrected chi connectivity index (χ1v) is 17.5. The molecule has 45 heavy (non-hydrogen) atoms. The summed E-state index contributed by atoms with van der Waals surface area (Å²) in [6.45, 7) is 22.5. The van der Waals surface area contributed by atoms with Gasteiger partial charge in [-0.25, -0.2) is 9.97 Å². The average Bonchev–Trinajstić information content (AvgIpc) is 3.09. The Bertz CT molecular complexity index is 1170. The molecule has 1 unspecified atom stereocenters. The number of hydrogen-bond donors (Lipinski definition) is 1. The Morgan fingerprint density at radius 3 is 2.13 bits per heavy atom. The third-order valence-corrected chi connectivity index (χ3v) is 8.08. The first-order chi connectivity index (χ1) is 21.9. The summed E-state index contributed by atoms with van der Waals surface area (Å²) in [7, 11) is 5.52. The van der Waals surface area contributed by atoms with E-state index in [1.165, 1.54) is 44.3 Å². The lowest BCUT2D eigenvalue weighted by molar-refractivity contribution is 0.211. The molecular weight excluding hydrogens is 558 g/mol. The number of rotatable bonds is 13. The second-order valence-electron chi connectivity index (χ2n) is 11.5. The highest BCUT2D eigenvalue weighted by Gasteiger charge is 2.21. The van der Waals surface area contributed by atoms with Gasteiger partial charge < -0.3 is 19.7 Å². The van der Waals surface area contributed by atoms with Crippen molar-refractivity contribution in [1.29, 1.82) is 0 Å². The number of piperidine rings is 1. The van der Waals surface area contributed by atoms with Crippen molar-refractivity contribution in [3.8, 4) is 11.5 Å². The Kier molecular flexibility index (Phi) is 20.9. The van der Waals surface area contributed by atoms with Crippen LogP contribution in [0.1, 0.15) is 98.4 Å². The van der Waals surface area contributed by atoms with Crippen LogP contribution in [-0.2, 0) is 6.54 Å². The minimum absolute atomic E-state index is 0.396. The maximum absolute atomic E-state index is 5.48. The highest BCUT2D eigenvalue weighted by Crippen LogP contribution is 2.34. The number of benzene rings is 2. The van der Waals surface area contributed by atoms with Crippen molar-refractivity contribution in [2.24, 2.45) is 5.92 Å². The summed E-state index contributed by atoms with van der Waals surface area (Å²) in [5.41, 5.74) is 2.23. The molecule has 1 saturated heterocycles. The Labute approximate surface area is 276 Å². The Morgan fingerprint density at radius 2 is 1.56 bits per heavy atom. The lowest BCUT2D eigenvalue weighted by atomic mass is 10.0. The van der Waals surface area contributed by atoms with Crippen molar-refractivity contribution >= 4 is 16.7 Å². The molecule has 0 aliphatic carbocycles. The fourth-order valence-electron chi connectivity index (χ4n) is 5.14. The van der Waals surface area contributed by atoms with Gasteiger partial charge in [-0.05, 0) is 70.3 Å². The molecule has 0 radical (unpaired) electrons. The Hall–Kier alpha value is -2.90. The number of hydrogen-bond acceptors (Lipinski definition) is 7. The van der Waals surface area contributed by atoms with Crippen molar-refractivity contribution in [1.82, 2.24) is 19.8 Å². The average molecular weight is 624 g/mol. The fourth-order valence-corrected chi connectivity index (χ4v) is 5.14. The molecule has 1 aromatic heterocycles. The summed E-state index contributed by atoms with van der Waals surface area (Å²) in [6, 6.07) is 14.9. The predicted octanol–water partition coefficient (Wildman–Crippen LogP) is 9.24. The summed E-state index contributed by atoms with van der Waals surface area (Å²) in [4.78, 5) is 14.2. The molecule has 1 atom stereocenters. The van der Waals surface area contributed by atoms with E-state index in [1.54, 1.807) is 14.2 Å². The summed E-state index contributed by atoms with van der Waals surface area (Å²) >= 11 is 0. The van der Waals surface area contributed by atoms with Gasteiger partial charge in [-0.15, -0.1) is 0 Å². The minimum atomic E-state index is 0.396. The maximum atomic E-state index is 5.48. The van der Waals surface area contributed by atoms with Gasteiger partial charge in [0.1, 0.15) is 11.6 Å². The smallest absolute Gasteiger partial charge is 0.162 e. The standard InChI is InChI=1S/C23H28N4O2.C11H25N.2C2H6/c1-16-24-20-14-22(29-3)21(28-2)13-19(20)23(25-16)26-18-9-11-27(12-10-18)15-17-7-5-4-6-8-17;1-5-7-9-12(4)10-8-11(3)6-2;2*1-2/h4-8,13-14,18H,9-12,15H2,1-3H3,(H,24,25,26);11H,5-10H2,1-4H3;2*1-2H3. The molecule has 4 rings (SSSR count). The topological polar surface area (TPSA) is 62.8 Å². The number of anilines is 1. The second kappa shape index (κ2) is 23.4. The summed E-state index contributed by atoms with van der Waals surface area (Å²) in [5, 5.41) is 4.62. The van der Waals surface area contributed by atoms with E-state index in [2.05, 4.69) is 83.2 Å². The van der Waals surface area contributed by atoms with Crippen molar-refractivity contribution in [3.63, 3.8) is 0 Å². The van der Waals surface area contributed by atoms with E-state index in [0.29, 0.717) is 17.5 Å². The lowest BCUT2D eigenvalue weighted by Crippen LogP contribution is -2.38. The van der Waals surface area contributed by atoms with Gasteiger partial charge in [0.2, 0.25) is 0 Å². The number of unbranched alkanes of at least 4 members (excludes halogenated alkanes) is 1. The number of likely N-dealkylation sites (tertiary alicyclic amines) is 1. The van der Waals surface area contributed by atoms with Gasteiger partial charge >= 0.3 is 0 Å². The van der Waals surface area contributed by atoms with E-state index in [-0.39, 0.29) is 0 Å². The number of fused-ring (bicyclic) bond motifs is 1. The fraction of sp³-hybridized carbons (Fsp3) is 0.632. The quantitative estimate of drug-likeness (QED) is 0.204. The van der Waals surface area contributed by atoms with Crippen LogP contribution in [0, 0.1) is 12.8 Å². The van der Waals surface area contributed by atoms with Crippen LogP contribution in [0.25, 0.3) is 10.9 Å². The minimum Gasteiger partial charge on any atom is -0.493 e. The van der Waals surface area contributed by atoms with Crippen LogP contribution >= 0.6 is 0 Å². The van der Waals surface area contributed by atoms with Gasteiger partial charge in [-0.2, -0.15) is 0 Å². The Morgan fingerprint density at radius 1 is 0.933 bits per heavy atom. The largest absolute Gasteiger partial charge is 0.493 e. The molecule has 7 heteroatoms. The molecule has 1 aliphatic rings. The molecule has 2 aromatic carbocycles. The van der Waals surface area contributed by atoms with Gasteiger partial charge in [-0.1, -0.05) is 91.6 Å². The molecule has 2 heterocycles. The summed E-state index contributed by atoms with van der Waals surface area (Å²) in [5.74, 6) is 3.88. The molecule has 0 amide bonds. The van der Waals surface area contributed by atoms with Gasteiger partial charge in [0.05, 0.1) is 19.7 Å². The first-order valence-electron chi connectivity index (χ1n) is 17.5. The molecule has 0 spiro atoms. The van der Waals surface area contributed by atoms with E-state index in [0.717, 1.165) is 60.9 Å². The molecular formula is C38H65N5O2. The van der Waals surface area contributed by atoms with Crippen molar-refractivity contribution in [3.05, 3.63) is 53.9 Å². The third-order valence-electron chi connectivity index (χ3n) is 8.08. The van der Waals surface area contributed by atoms with Crippen molar-refractivity contribution < 1.29 is 9.47 Å².